The zero-order valence-corrected chi connectivity index (χ0v) is 15.3. The number of halogens is 1. The van der Waals surface area contributed by atoms with E-state index in [4.69, 9.17) is 9.15 Å². The van der Waals surface area contributed by atoms with E-state index in [9.17, 15) is 14.4 Å². The molecule has 1 N–H and O–H groups in total. The molecule has 0 saturated heterocycles. The van der Waals surface area contributed by atoms with E-state index in [-0.39, 0.29) is 18.2 Å². The third-order valence-electron chi connectivity index (χ3n) is 3.21. The fourth-order valence-electron chi connectivity index (χ4n) is 1.97. The first-order valence-electron chi connectivity index (χ1n) is 7.37. The van der Waals surface area contributed by atoms with Crippen LogP contribution in [-0.4, -0.2) is 43.3 Å². The molecule has 0 radical (unpaired) electrons. The molecule has 8 heteroatoms. The number of rotatable bonds is 6. The monoisotopic (exact) mass is 408 g/mol. The van der Waals surface area contributed by atoms with Gasteiger partial charge in [0, 0.05) is 19.7 Å². The molecule has 0 bridgehead atoms. The molecule has 7 nitrogen and oxygen atoms in total. The Morgan fingerprint density at radius 1 is 1.16 bits per heavy atom. The minimum atomic E-state index is -1.07. The van der Waals surface area contributed by atoms with Crippen LogP contribution in [0.2, 0.25) is 0 Å². The van der Waals surface area contributed by atoms with E-state index in [0.717, 1.165) is 0 Å². The number of nitrogens with zero attached hydrogens (tertiary/aromatic N) is 1. The van der Waals surface area contributed by atoms with Crippen molar-refractivity contribution >= 4 is 33.7 Å². The predicted molar refractivity (Wildman–Crippen MR) is 92.7 cm³/mol. The summed E-state index contributed by atoms with van der Waals surface area (Å²) in [7, 11) is 3.14. The van der Waals surface area contributed by atoms with Gasteiger partial charge in [0.2, 0.25) is 6.10 Å². The molecule has 2 aromatic rings. The van der Waals surface area contributed by atoms with E-state index >= 15 is 0 Å². The highest BCUT2D eigenvalue weighted by atomic mass is 79.9. The standard InChI is InChI=1S/C17H17BrN2O5/c1-20(2)17(23)15(11-6-4-3-5-7-11)25-14(21)10-19-16(22)12-8-9-13(18)24-12/h3-9,15H,10H2,1-2H3,(H,19,22)/t15-/m1/s1. The maximum atomic E-state index is 12.3. The molecule has 0 spiro atoms. The molecule has 0 unspecified atom stereocenters. The highest BCUT2D eigenvalue weighted by molar-refractivity contribution is 9.10. The van der Waals surface area contributed by atoms with Gasteiger partial charge in [-0.05, 0) is 28.1 Å². The van der Waals surface area contributed by atoms with E-state index < -0.39 is 18.0 Å². The van der Waals surface area contributed by atoms with Gasteiger partial charge in [0.1, 0.15) is 6.54 Å². The molecule has 1 aromatic carbocycles. The second-order valence-electron chi connectivity index (χ2n) is 5.30. The van der Waals surface area contributed by atoms with Gasteiger partial charge in [-0.15, -0.1) is 0 Å². The topological polar surface area (TPSA) is 88.9 Å². The van der Waals surface area contributed by atoms with E-state index in [1.165, 1.54) is 11.0 Å². The van der Waals surface area contributed by atoms with Crippen LogP contribution in [0.1, 0.15) is 22.2 Å². The summed E-state index contributed by atoms with van der Waals surface area (Å²) in [4.78, 5) is 37.5. The average molecular weight is 409 g/mol. The molecule has 0 aliphatic heterocycles. The Morgan fingerprint density at radius 3 is 2.40 bits per heavy atom. The van der Waals surface area contributed by atoms with Gasteiger partial charge in [-0.3, -0.25) is 14.4 Å². The van der Waals surface area contributed by atoms with Gasteiger partial charge >= 0.3 is 5.97 Å². The summed E-state index contributed by atoms with van der Waals surface area (Å²) in [6.45, 7) is -0.388. The first-order chi connectivity index (χ1) is 11.9. The van der Waals surface area contributed by atoms with Crippen LogP contribution in [0.4, 0.5) is 0 Å². The van der Waals surface area contributed by atoms with Crippen molar-refractivity contribution in [1.82, 2.24) is 10.2 Å². The number of likely N-dealkylation sites (N-methyl/N-ethyl adjacent to an activating group) is 1. The molecule has 2 amide bonds. The summed E-state index contributed by atoms with van der Waals surface area (Å²) in [5.41, 5.74) is 0.552. The summed E-state index contributed by atoms with van der Waals surface area (Å²) in [6.07, 6.45) is -1.07. The van der Waals surface area contributed by atoms with Gasteiger partial charge < -0.3 is 19.4 Å². The van der Waals surface area contributed by atoms with Gasteiger partial charge in [-0.1, -0.05) is 30.3 Å². The van der Waals surface area contributed by atoms with Crippen LogP contribution in [0.15, 0.2) is 51.6 Å². The molecule has 25 heavy (non-hydrogen) atoms. The quantitative estimate of drug-likeness (QED) is 0.739. The SMILES string of the molecule is CN(C)C(=O)[C@H](OC(=O)CNC(=O)c1ccc(Br)o1)c1ccccc1. The molecule has 1 heterocycles. The average Bonchev–Trinajstić information content (AvgIpc) is 3.04. The molecule has 0 fully saturated rings. The van der Waals surface area contributed by atoms with E-state index in [1.807, 2.05) is 0 Å². The molecule has 1 aromatic heterocycles. The minimum absolute atomic E-state index is 0.0589. The Kier molecular flexibility index (Phi) is 6.35. The van der Waals surface area contributed by atoms with Crippen LogP contribution in [0, 0.1) is 0 Å². The molecule has 1 atom stereocenters. The number of ether oxygens (including phenoxy) is 1. The lowest BCUT2D eigenvalue weighted by molar-refractivity contribution is -0.158. The molecule has 0 aliphatic rings. The minimum Gasteiger partial charge on any atom is -0.446 e. The summed E-state index contributed by atoms with van der Waals surface area (Å²) >= 11 is 3.09. The van der Waals surface area contributed by atoms with Crippen molar-refractivity contribution in [1.29, 1.82) is 0 Å². The largest absolute Gasteiger partial charge is 0.446 e. The van der Waals surface area contributed by atoms with Gasteiger partial charge in [0.05, 0.1) is 0 Å². The van der Waals surface area contributed by atoms with Gasteiger partial charge in [0.15, 0.2) is 10.4 Å². The number of furan rings is 1. The van der Waals surface area contributed by atoms with Crippen LogP contribution in [0.3, 0.4) is 0 Å². The van der Waals surface area contributed by atoms with Crippen molar-refractivity contribution in [2.45, 2.75) is 6.10 Å². The van der Waals surface area contributed by atoms with Crippen molar-refractivity contribution < 1.29 is 23.5 Å². The summed E-state index contributed by atoms with van der Waals surface area (Å²) in [6, 6.07) is 11.7. The lowest BCUT2D eigenvalue weighted by Crippen LogP contribution is -2.35. The Morgan fingerprint density at radius 2 is 1.84 bits per heavy atom. The Labute approximate surface area is 153 Å². The Balaban J connectivity index is 1.99. The number of benzene rings is 1. The number of carbonyl (C=O) groups excluding carboxylic acids is 3. The normalized spacial score (nSPS) is 11.5. The molecular formula is C17H17BrN2O5. The number of nitrogens with one attached hydrogen (secondary N) is 1. The van der Waals surface area contributed by atoms with Crippen molar-refractivity contribution in [3.8, 4) is 0 Å². The highest BCUT2D eigenvalue weighted by Gasteiger charge is 2.26. The van der Waals surface area contributed by atoms with Crippen LogP contribution < -0.4 is 5.32 Å². The summed E-state index contributed by atoms with van der Waals surface area (Å²) in [5.74, 6) is -1.61. The first-order valence-corrected chi connectivity index (χ1v) is 8.17. The van der Waals surface area contributed by atoms with Crippen molar-refractivity contribution in [3.63, 3.8) is 0 Å². The van der Waals surface area contributed by atoms with Crippen molar-refractivity contribution in [2.24, 2.45) is 0 Å². The maximum Gasteiger partial charge on any atom is 0.326 e. The van der Waals surface area contributed by atoms with Crippen molar-refractivity contribution in [3.05, 3.63) is 58.5 Å². The van der Waals surface area contributed by atoms with E-state index in [1.54, 1.807) is 50.5 Å². The smallest absolute Gasteiger partial charge is 0.326 e. The van der Waals surface area contributed by atoms with E-state index in [2.05, 4.69) is 21.2 Å². The van der Waals surface area contributed by atoms with Crippen LogP contribution >= 0.6 is 15.9 Å². The zero-order valence-electron chi connectivity index (χ0n) is 13.7. The van der Waals surface area contributed by atoms with Gasteiger partial charge in [-0.2, -0.15) is 0 Å². The third-order valence-corrected chi connectivity index (χ3v) is 3.63. The zero-order chi connectivity index (χ0) is 18.4. The lowest BCUT2D eigenvalue weighted by atomic mass is 10.1. The Bertz CT molecular complexity index is 757. The van der Waals surface area contributed by atoms with Crippen LogP contribution in [0.25, 0.3) is 0 Å². The fourth-order valence-corrected chi connectivity index (χ4v) is 2.28. The molecular weight excluding hydrogens is 392 g/mol. The number of carbonyl (C=O) groups is 3. The lowest BCUT2D eigenvalue weighted by Gasteiger charge is -2.21. The van der Waals surface area contributed by atoms with Gasteiger partial charge in [0.25, 0.3) is 11.8 Å². The second kappa shape index (κ2) is 8.48. The highest BCUT2D eigenvalue weighted by Crippen LogP contribution is 2.19. The van der Waals surface area contributed by atoms with Crippen molar-refractivity contribution in [2.75, 3.05) is 20.6 Å². The molecule has 0 aliphatic carbocycles. The third kappa shape index (κ3) is 5.18. The molecule has 2 rings (SSSR count). The number of hydrogen-bond acceptors (Lipinski definition) is 5. The number of hydrogen-bond donors (Lipinski definition) is 1. The second-order valence-corrected chi connectivity index (χ2v) is 6.08. The van der Waals surface area contributed by atoms with Crippen LogP contribution in [-0.2, 0) is 14.3 Å². The van der Waals surface area contributed by atoms with Crippen LogP contribution in [0.5, 0.6) is 0 Å². The maximum absolute atomic E-state index is 12.3. The number of amides is 2. The first kappa shape index (κ1) is 18.7. The summed E-state index contributed by atoms with van der Waals surface area (Å²) in [5, 5.41) is 2.38. The predicted octanol–water partition coefficient (Wildman–Crippen LogP) is 2.14. The Hall–Kier alpha value is -2.61. The summed E-state index contributed by atoms with van der Waals surface area (Å²) < 4.78 is 10.8. The number of esters is 1. The molecule has 0 saturated carbocycles. The molecule has 132 valence electrons. The van der Waals surface area contributed by atoms with Gasteiger partial charge in [-0.25, -0.2) is 0 Å². The fraction of sp³-hybridized carbons (Fsp3) is 0.235. The van der Waals surface area contributed by atoms with E-state index in [0.29, 0.717) is 10.2 Å².